The highest BCUT2D eigenvalue weighted by Gasteiger charge is 2.23. The molecule has 1 aliphatic heterocycles. The summed E-state index contributed by atoms with van der Waals surface area (Å²) < 4.78 is 10.4. The second kappa shape index (κ2) is 7.39. The summed E-state index contributed by atoms with van der Waals surface area (Å²) in [5.41, 5.74) is 3.84. The van der Waals surface area contributed by atoms with E-state index in [0.29, 0.717) is 6.42 Å². The Morgan fingerprint density at radius 2 is 1.60 bits per heavy atom. The van der Waals surface area contributed by atoms with Crippen LogP contribution in [0.15, 0.2) is 9.05 Å². The van der Waals surface area contributed by atoms with E-state index < -0.39 is 0 Å². The van der Waals surface area contributed by atoms with Gasteiger partial charge in [0.25, 0.3) is 0 Å². The third-order valence-corrected chi connectivity index (χ3v) is 5.03. The van der Waals surface area contributed by atoms with Crippen molar-refractivity contribution in [2.45, 2.75) is 59.5 Å². The number of likely N-dealkylation sites (tertiary alicyclic amines) is 1. The molecular formula is C18H26N4O3. The van der Waals surface area contributed by atoms with E-state index in [1.165, 1.54) is 5.56 Å². The maximum atomic E-state index is 12.3. The summed E-state index contributed by atoms with van der Waals surface area (Å²) in [4.78, 5) is 14.7. The first-order valence-corrected chi connectivity index (χ1v) is 8.79. The largest absolute Gasteiger partial charge is 0.361 e. The summed E-state index contributed by atoms with van der Waals surface area (Å²) in [6.45, 7) is 10.4. The predicted molar refractivity (Wildman–Crippen MR) is 92.1 cm³/mol. The summed E-state index contributed by atoms with van der Waals surface area (Å²) in [6.07, 6.45) is 2.24. The SMILES string of the molecule is Cc1noc(C)c1CC(=O)NC1CCN(Cc2c(C)noc2C)CC1. The Hall–Kier alpha value is -2.15. The molecule has 136 valence electrons. The molecule has 0 radical (unpaired) electrons. The van der Waals surface area contributed by atoms with Gasteiger partial charge < -0.3 is 14.4 Å². The van der Waals surface area contributed by atoms with Crippen molar-refractivity contribution in [3.05, 3.63) is 34.0 Å². The van der Waals surface area contributed by atoms with Crippen LogP contribution in [0.4, 0.5) is 0 Å². The molecule has 1 saturated heterocycles. The Labute approximate surface area is 147 Å². The van der Waals surface area contributed by atoms with Gasteiger partial charge in [0.15, 0.2) is 0 Å². The van der Waals surface area contributed by atoms with Crippen molar-refractivity contribution in [1.82, 2.24) is 20.5 Å². The second-order valence-corrected chi connectivity index (χ2v) is 6.90. The second-order valence-electron chi connectivity index (χ2n) is 6.90. The summed E-state index contributed by atoms with van der Waals surface area (Å²) in [6, 6.07) is 0.230. The quantitative estimate of drug-likeness (QED) is 0.894. The third-order valence-electron chi connectivity index (χ3n) is 5.03. The summed E-state index contributed by atoms with van der Waals surface area (Å²) >= 11 is 0. The van der Waals surface area contributed by atoms with Gasteiger partial charge in [-0.15, -0.1) is 0 Å². The molecule has 0 atom stereocenters. The Bertz CT molecular complexity index is 703. The van der Waals surface area contributed by atoms with Crippen LogP contribution in [0.25, 0.3) is 0 Å². The highest BCUT2D eigenvalue weighted by atomic mass is 16.5. The molecule has 7 heteroatoms. The number of carbonyl (C=O) groups is 1. The maximum absolute atomic E-state index is 12.3. The molecular weight excluding hydrogens is 320 g/mol. The molecule has 0 aliphatic carbocycles. The van der Waals surface area contributed by atoms with Crippen LogP contribution >= 0.6 is 0 Å². The highest BCUT2D eigenvalue weighted by molar-refractivity contribution is 5.79. The van der Waals surface area contributed by atoms with E-state index in [0.717, 1.165) is 60.9 Å². The molecule has 3 rings (SSSR count). The molecule has 0 spiro atoms. The van der Waals surface area contributed by atoms with Crippen molar-refractivity contribution in [3.8, 4) is 0 Å². The van der Waals surface area contributed by atoms with E-state index in [-0.39, 0.29) is 11.9 Å². The molecule has 0 saturated carbocycles. The molecule has 3 heterocycles. The fourth-order valence-corrected chi connectivity index (χ4v) is 3.38. The van der Waals surface area contributed by atoms with Crippen LogP contribution in [0, 0.1) is 27.7 Å². The molecule has 0 aromatic carbocycles. The van der Waals surface area contributed by atoms with Gasteiger partial charge in [0.1, 0.15) is 11.5 Å². The lowest BCUT2D eigenvalue weighted by Crippen LogP contribution is -2.44. The number of rotatable bonds is 5. The van der Waals surface area contributed by atoms with Crippen LogP contribution in [0.3, 0.4) is 0 Å². The molecule has 0 bridgehead atoms. The van der Waals surface area contributed by atoms with Gasteiger partial charge in [-0.1, -0.05) is 10.3 Å². The van der Waals surface area contributed by atoms with Gasteiger partial charge in [-0.05, 0) is 40.5 Å². The predicted octanol–water partition coefficient (Wildman–Crippen LogP) is 2.22. The van der Waals surface area contributed by atoms with Gasteiger partial charge in [0.2, 0.25) is 5.91 Å². The lowest BCUT2D eigenvalue weighted by molar-refractivity contribution is -0.121. The van der Waals surface area contributed by atoms with Gasteiger partial charge >= 0.3 is 0 Å². The number of nitrogens with zero attached hydrogens (tertiary/aromatic N) is 3. The van der Waals surface area contributed by atoms with Crippen molar-refractivity contribution < 1.29 is 13.8 Å². The average Bonchev–Trinajstić information content (AvgIpc) is 3.06. The van der Waals surface area contributed by atoms with Crippen molar-refractivity contribution >= 4 is 5.91 Å². The lowest BCUT2D eigenvalue weighted by atomic mass is 10.0. The minimum atomic E-state index is 0.0403. The van der Waals surface area contributed by atoms with E-state index in [1.807, 2.05) is 27.7 Å². The van der Waals surface area contributed by atoms with Gasteiger partial charge in [0.05, 0.1) is 17.8 Å². The first-order chi connectivity index (χ1) is 11.9. The van der Waals surface area contributed by atoms with E-state index in [2.05, 4.69) is 20.5 Å². The number of aromatic nitrogens is 2. The molecule has 1 amide bonds. The monoisotopic (exact) mass is 346 g/mol. The fourth-order valence-electron chi connectivity index (χ4n) is 3.38. The van der Waals surface area contributed by atoms with E-state index in [4.69, 9.17) is 9.05 Å². The van der Waals surface area contributed by atoms with Crippen LogP contribution in [0.5, 0.6) is 0 Å². The molecule has 1 aliphatic rings. The number of amides is 1. The lowest BCUT2D eigenvalue weighted by Gasteiger charge is -2.32. The van der Waals surface area contributed by atoms with E-state index in [1.54, 1.807) is 0 Å². The van der Waals surface area contributed by atoms with Gasteiger partial charge in [-0.25, -0.2) is 0 Å². The first-order valence-electron chi connectivity index (χ1n) is 8.79. The van der Waals surface area contributed by atoms with Crippen molar-refractivity contribution in [3.63, 3.8) is 0 Å². The number of nitrogens with one attached hydrogen (secondary N) is 1. The van der Waals surface area contributed by atoms with Crippen LogP contribution in [-0.4, -0.2) is 40.3 Å². The maximum Gasteiger partial charge on any atom is 0.224 e. The standard InChI is InChI=1S/C18H26N4O3/c1-11-16(13(3)24-20-11)9-18(23)19-15-5-7-22(8-6-15)10-17-12(2)21-25-14(17)4/h15H,5-10H2,1-4H3,(H,19,23). The summed E-state index contributed by atoms with van der Waals surface area (Å²) in [7, 11) is 0. The molecule has 25 heavy (non-hydrogen) atoms. The zero-order valence-corrected chi connectivity index (χ0v) is 15.4. The minimum absolute atomic E-state index is 0.0403. The number of piperidine rings is 1. The van der Waals surface area contributed by atoms with Gasteiger partial charge in [0, 0.05) is 36.8 Å². The fraction of sp³-hybridized carbons (Fsp3) is 0.611. The summed E-state index contributed by atoms with van der Waals surface area (Å²) in [5, 5.41) is 11.1. The Morgan fingerprint density at radius 1 is 1.04 bits per heavy atom. The normalized spacial score (nSPS) is 16.3. The van der Waals surface area contributed by atoms with Crippen LogP contribution in [-0.2, 0) is 17.8 Å². The van der Waals surface area contributed by atoms with Crippen LogP contribution in [0.1, 0.15) is 46.9 Å². The molecule has 2 aromatic heterocycles. The zero-order chi connectivity index (χ0) is 18.0. The number of hydrogen-bond donors (Lipinski definition) is 1. The molecule has 7 nitrogen and oxygen atoms in total. The molecule has 2 aromatic rings. The smallest absolute Gasteiger partial charge is 0.224 e. The third kappa shape index (κ3) is 4.10. The van der Waals surface area contributed by atoms with Gasteiger partial charge in [-0.3, -0.25) is 9.69 Å². The highest BCUT2D eigenvalue weighted by Crippen LogP contribution is 2.19. The topological polar surface area (TPSA) is 84.4 Å². The van der Waals surface area contributed by atoms with Gasteiger partial charge in [-0.2, -0.15) is 0 Å². The van der Waals surface area contributed by atoms with Crippen LogP contribution < -0.4 is 5.32 Å². The summed E-state index contributed by atoms with van der Waals surface area (Å²) in [5.74, 6) is 1.66. The van der Waals surface area contributed by atoms with E-state index in [9.17, 15) is 4.79 Å². The Kier molecular flexibility index (Phi) is 5.22. The van der Waals surface area contributed by atoms with Crippen molar-refractivity contribution in [2.24, 2.45) is 0 Å². The van der Waals surface area contributed by atoms with E-state index >= 15 is 0 Å². The molecule has 1 N–H and O–H groups in total. The average molecular weight is 346 g/mol. The van der Waals surface area contributed by atoms with Crippen molar-refractivity contribution in [2.75, 3.05) is 13.1 Å². The van der Waals surface area contributed by atoms with Crippen LogP contribution in [0.2, 0.25) is 0 Å². The number of carbonyl (C=O) groups excluding carboxylic acids is 1. The molecule has 1 fully saturated rings. The molecule has 0 unspecified atom stereocenters. The number of hydrogen-bond acceptors (Lipinski definition) is 6. The first kappa shape index (κ1) is 17.7. The minimum Gasteiger partial charge on any atom is -0.361 e. The number of aryl methyl sites for hydroxylation is 4. The zero-order valence-electron chi connectivity index (χ0n) is 15.4. The van der Waals surface area contributed by atoms with Crippen molar-refractivity contribution in [1.29, 1.82) is 0 Å². The Morgan fingerprint density at radius 3 is 2.12 bits per heavy atom. The Balaban J connectivity index is 1.47.